The van der Waals surface area contributed by atoms with Crippen LogP contribution < -0.4 is 0 Å². The summed E-state index contributed by atoms with van der Waals surface area (Å²) in [4.78, 5) is 37.4. The number of Topliss-reactive ketones (excluding diaryl/α,β-unsaturated/α-hetero) is 2. The summed E-state index contributed by atoms with van der Waals surface area (Å²) in [6.07, 6.45) is -0.257. The summed E-state index contributed by atoms with van der Waals surface area (Å²) >= 11 is 0. The number of rotatable bonds is 2. The number of carbonyl (C=O) groups excluding carboxylic acids is 3. The van der Waals surface area contributed by atoms with Crippen LogP contribution in [0.15, 0.2) is 11.6 Å². The normalized spacial score (nSPS) is 50.5. The zero-order valence-electron chi connectivity index (χ0n) is 16.1. The molecule has 0 radical (unpaired) electrons. The van der Waals surface area contributed by atoms with Gasteiger partial charge in [0.25, 0.3) is 0 Å². The van der Waals surface area contributed by atoms with E-state index in [1.807, 2.05) is 0 Å². The molecule has 7 atom stereocenters. The van der Waals surface area contributed by atoms with Crippen LogP contribution in [0.1, 0.15) is 52.4 Å². The largest absolute Gasteiger partial charge is 0.388 e. The third kappa shape index (κ3) is 2.04. The van der Waals surface area contributed by atoms with Crippen molar-refractivity contribution in [3.8, 4) is 0 Å². The van der Waals surface area contributed by atoms with Gasteiger partial charge in [-0.3, -0.25) is 14.4 Å². The van der Waals surface area contributed by atoms with Crippen molar-refractivity contribution in [3.05, 3.63) is 11.6 Å². The Kier molecular flexibility index (Phi) is 4.10. The summed E-state index contributed by atoms with van der Waals surface area (Å²) in [5.41, 5.74) is -6.28. The minimum Gasteiger partial charge on any atom is -0.388 e. The van der Waals surface area contributed by atoms with Crippen LogP contribution in [0.3, 0.4) is 0 Å². The SMILES string of the molecule is C[C@]12CC(F)C(=O)C=C1CC[C@H]1[C@@H]3CC[C@](O)(C(=O)CO)[C@@]3(C)CC(=O)[C@@]12F. The molecular formula is C21H26F2O5. The molecule has 2 N–H and O–H groups in total. The van der Waals surface area contributed by atoms with Crippen molar-refractivity contribution in [1.29, 1.82) is 0 Å². The topological polar surface area (TPSA) is 91.7 Å². The molecule has 3 saturated carbocycles. The molecule has 7 heteroatoms. The predicted octanol–water partition coefficient (Wildman–Crippen LogP) is 2.03. The van der Waals surface area contributed by atoms with Crippen molar-refractivity contribution in [3.63, 3.8) is 0 Å². The number of carbonyl (C=O) groups is 3. The Labute approximate surface area is 162 Å². The monoisotopic (exact) mass is 396 g/mol. The van der Waals surface area contributed by atoms with Crippen molar-refractivity contribution in [2.45, 2.75) is 69.8 Å². The fourth-order valence-corrected chi connectivity index (χ4v) is 6.90. The Morgan fingerprint density at radius 2 is 1.93 bits per heavy atom. The number of allylic oxidation sites excluding steroid dienone is 1. The Morgan fingerprint density at radius 1 is 1.25 bits per heavy atom. The number of halogens is 2. The fraction of sp³-hybridized carbons (Fsp3) is 0.762. The van der Waals surface area contributed by atoms with Crippen LogP contribution in [-0.2, 0) is 14.4 Å². The highest BCUT2D eigenvalue weighted by Crippen LogP contribution is 2.69. The molecule has 4 aliphatic rings. The zero-order chi connectivity index (χ0) is 20.7. The van der Waals surface area contributed by atoms with Crippen LogP contribution in [0.5, 0.6) is 0 Å². The Hall–Kier alpha value is -1.47. The first kappa shape index (κ1) is 19.8. The molecule has 0 saturated heterocycles. The Bertz CT molecular complexity index is 809. The summed E-state index contributed by atoms with van der Waals surface area (Å²) < 4.78 is 31.0. The minimum atomic E-state index is -2.33. The van der Waals surface area contributed by atoms with E-state index in [2.05, 4.69) is 0 Å². The molecule has 0 heterocycles. The third-order valence-corrected chi connectivity index (χ3v) is 8.56. The molecule has 1 unspecified atom stereocenters. The van der Waals surface area contributed by atoms with Gasteiger partial charge in [-0.25, -0.2) is 8.78 Å². The van der Waals surface area contributed by atoms with E-state index >= 15 is 4.39 Å². The van der Waals surface area contributed by atoms with Gasteiger partial charge in [-0.15, -0.1) is 0 Å². The number of alkyl halides is 2. The van der Waals surface area contributed by atoms with Gasteiger partial charge >= 0.3 is 0 Å². The van der Waals surface area contributed by atoms with Crippen LogP contribution in [0.25, 0.3) is 0 Å². The molecule has 4 aliphatic carbocycles. The van der Waals surface area contributed by atoms with Gasteiger partial charge in [0.15, 0.2) is 29.2 Å². The highest BCUT2D eigenvalue weighted by atomic mass is 19.1. The first-order valence-electron chi connectivity index (χ1n) is 9.93. The van der Waals surface area contributed by atoms with E-state index in [0.717, 1.165) is 0 Å². The first-order valence-corrected chi connectivity index (χ1v) is 9.93. The Balaban J connectivity index is 1.82. The highest BCUT2D eigenvalue weighted by Gasteiger charge is 2.75. The maximum atomic E-state index is 16.7. The second-order valence-corrected chi connectivity index (χ2v) is 9.54. The lowest BCUT2D eigenvalue weighted by atomic mass is 9.44. The molecule has 0 bridgehead atoms. The van der Waals surface area contributed by atoms with Crippen LogP contribution in [0, 0.1) is 22.7 Å². The molecule has 0 amide bonds. The van der Waals surface area contributed by atoms with Gasteiger partial charge in [0.1, 0.15) is 12.2 Å². The van der Waals surface area contributed by atoms with Gasteiger partial charge in [0.05, 0.1) is 0 Å². The number of ketones is 3. The van der Waals surface area contributed by atoms with Gasteiger partial charge in [-0.1, -0.05) is 19.4 Å². The number of hydrogen-bond acceptors (Lipinski definition) is 5. The third-order valence-electron chi connectivity index (χ3n) is 8.56. The predicted molar refractivity (Wildman–Crippen MR) is 94.8 cm³/mol. The fourth-order valence-electron chi connectivity index (χ4n) is 6.90. The number of fused-ring (bicyclic) bond motifs is 5. The van der Waals surface area contributed by atoms with Crippen LogP contribution in [0.4, 0.5) is 8.78 Å². The average molecular weight is 396 g/mol. The zero-order valence-corrected chi connectivity index (χ0v) is 16.1. The molecular weight excluding hydrogens is 370 g/mol. The highest BCUT2D eigenvalue weighted by molar-refractivity contribution is 5.98. The molecule has 3 fully saturated rings. The quantitative estimate of drug-likeness (QED) is 0.745. The molecule has 4 rings (SSSR count). The molecule has 0 aromatic rings. The maximum Gasteiger partial charge on any atom is 0.190 e. The van der Waals surface area contributed by atoms with Gasteiger partial charge in [-0.2, -0.15) is 0 Å². The van der Waals surface area contributed by atoms with E-state index in [0.29, 0.717) is 24.8 Å². The standard InChI is InChI=1S/C21H26F2O5/c1-18-8-14(22)15(25)7-11(18)3-4-13-12-5-6-20(28,17(27)10-24)19(12,2)9-16(26)21(13,18)23/h7,12-14,24,28H,3-6,8-10H2,1-2H3/t12-,13-,14?,18-,19-,20-,21-/m0/s1. The summed E-state index contributed by atoms with van der Waals surface area (Å²) in [6.45, 7) is 2.32. The first-order chi connectivity index (χ1) is 13.0. The molecule has 0 aromatic carbocycles. The maximum absolute atomic E-state index is 16.7. The van der Waals surface area contributed by atoms with Gasteiger partial charge < -0.3 is 10.2 Å². The van der Waals surface area contributed by atoms with Crippen LogP contribution >= 0.6 is 0 Å². The summed E-state index contributed by atoms with van der Waals surface area (Å²) in [6, 6.07) is 0. The van der Waals surface area contributed by atoms with Gasteiger partial charge in [0, 0.05) is 23.2 Å². The van der Waals surface area contributed by atoms with Crippen molar-refractivity contribution in [2.24, 2.45) is 22.7 Å². The second kappa shape index (κ2) is 5.79. The minimum absolute atomic E-state index is 0.0665. The average Bonchev–Trinajstić information content (AvgIpc) is 2.89. The lowest BCUT2D eigenvalue weighted by Crippen LogP contribution is -2.68. The Morgan fingerprint density at radius 3 is 2.57 bits per heavy atom. The summed E-state index contributed by atoms with van der Waals surface area (Å²) in [5.74, 6) is -3.36. The molecule has 0 spiro atoms. The van der Waals surface area contributed by atoms with E-state index in [1.54, 1.807) is 6.92 Å². The van der Waals surface area contributed by atoms with E-state index in [9.17, 15) is 29.0 Å². The van der Waals surface area contributed by atoms with Gasteiger partial charge in [-0.05, 0) is 44.1 Å². The van der Waals surface area contributed by atoms with Crippen molar-refractivity contribution < 1.29 is 33.4 Å². The molecule has 28 heavy (non-hydrogen) atoms. The summed E-state index contributed by atoms with van der Waals surface area (Å²) in [5, 5.41) is 20.4. The van der Waals surface area contributed by atoms with Crippen molar-refractivity contribution in [2.75, 3.05) is 6.61 Å². The molecule has 154 valence electrons. The lowest BCUT2D eigenvalue weighted by molar-refractivity contribution is -0.190. The smallest absolute Gasteiger partial charge is 0.190 e. The lowest BCUT2D eigenvalue weighted by Gasteiger charge is -2.60. The van der Waals surface area contributed by atoms with Crippen molar-refractivity contribution in [1.82, 2.24) is 0 Å². The van der Waals surface area contributed by atoms with Gasteiger partial charge in [0.2, 0.25) is 0 Å². The number of aliphatic hydroxyl groups excluding tert-OH is 1. The van der Waals surface area contributed by atoms with E-state index < -0.39 is 64.1 Å². The van der Waals surface area contributed by atoms with E-state index in [4.69, 9.17) is 0 Å². The summed E-state index contributed by atoms with van der Waals surface area (Å²) in [7, 11) is 0. The van der Waals surface area contributed by atoms with E-state index in [1.165, 1.54) is 13.0 Å². The van der Waals surface area contributed by atoms with E-state index in [-0.39, 0.29) is 19.3 Å². The second-order valence-electron chi connectivity index (χ2n) is 9.54. The van der Waals surface area contributed by atoms with Crippen LogP contribution in [0.2, 0.25) is 0 Å². The molecule has 5 nitrogen and oxygen atoms in total. The number of hydrogen-bond donors (Lipinski definition) is 2. The molecule has 0 aliphatic heterocycles. The molecule has 0 aromatic heterocycles. The van der Waals surface area contributed by atoms with Crippen LogP contribution in [-0.4, -0.2) is 51.6 Å². The number of aliphatic hydroxyl groups is 2. The van der Waals surface area contributed by atoms with Crippen molar-refractivity contribution >= 4 is 17.3 Å².